The zero-order valence-electron chi connectivity index (χ0n) is 6.89. The third-order valence-corrected chi connectivity index (χ3v) is 4.47. The van der Waals surface area contributed by atoms with Crippen molar-refractivity contribution < 1.29 is 0 Å². The van der Waals surface area contributed by atoms with E-state index >= 15 is 0 Å². The standard InChI is InChI=1S/C8H11Ge.Li/c1-9(2)8-6-4-3-5-7-8;/h3-7H,1-2H3;. The Labute approximate surface area is 79.3 Å². The maximum Gasteiger partial charge on any atom is 0 e. The van der Waals surface area contributed by atoms with Gasteiger partial charge in [0.05, 0.1) is 0 Å². The first-order chi connectivity index (χ1) is 4.30. The van der Waals surface area contributed by atoms with Crippen LogP contribution >= 0.6 is 0 Å². The van der Waals surface area contributed by atoms with Crippen LogP contribution in [0.15, 0.2) is 30.3 Å². The Bertz CT molecular complexity index is 172. The van der Waals surface area contributed by atoms with Crippen molar-refractivity contribution in [3.8, 4) is 0 Å². The molecule has 0 fully saturated rings. The van der Waals surface area contributed by atoms with E-state index in [1.165, 1.54) is 0 Å². The van der Waals surface area contributed by atoms with Gasteiger partial charge in [0, 0.05) is 18.9 Å². The summed E-state index contributed by atoms with van der Waals surface area (Å²) in [6.07, 6.45) is 0. The Balaban J connectivity index is 0.000000810. The minimum Gasteiger partial charge on any atom is 0 e. The van der Waals surface area contributed by atoms with Crippen LogP contribution in [-0.4, -0.2) is 33.2 Å². The summed E-state index contributed by atoms with van der Waals surface area (Å²) in [5.41, 5.74) is 0. The van der Waals surface area contributed by atoms with E-state index in [0.717, 1.165) is 0 Å². The minimum atomic E-state index is -0.766. The van der Waals surface area contributed by atoms with E-state index in [0.29, 0.717) is 0 Å². The smallest absolute Gasteiger partial charge is 0 e. The summed E-state index contributed by atoms with van der Waals surface area (Å²) in [6.45, 7) is 0. The van der Waals surface area contributed by atoms with Gasteiger partial charge in [-0.3, -0.25) is 0 Å². The fraction of sp³-hybridized carbons (Fsp3) is 0.250. The molecule has 0 saturated heterocycles. The third kappa shape index (κ3) is 2.96. The second-order valence-corrected chi connectivity index (χ2v) is 7.77. The predicted octanol–water partition coefficient (Wildman–Crippen LogP) is 1.27. The molecule has 2 radical (unpaired) electrons. The average Bonchev–Trinajstić information content (AvgIpc) is 1.90. The topological polar surface area (TPSA) is 0 Å². The van der Waals surface area contributed by atoms with Crippen molar-refractivity contribution in [1.82, 2.24) is 0 Å². The molecule has 0 heterocycles. The summed E-state index contributed by atoms with van der Waals surface area (Å²) in [5, 5.41) is 0. The molecule has 48 valence electrons. The van der Waals surface area contributed by atoms with E-state index in [4.69, 9.17) is 0 Å². The molecule has 0 unspecified atom stereocenters. The Morgan fingerprint density at radius 2 is 1.50 bits per heavy atom. The van der Waals surface area contributed by atoms with Gasteiger partial charge in [0.25, 0.3) is 0 Å². The molecule has 0 saturated carbocycles. The number of rotatable bonds is 1. The first-order valence-electron chi connectivity index (χ1n) is 3.16. The van der Waals surface area contributed by atoms with Crippen LogP contribution in [0.2, 0.25) is 11.5 Å². The van der Waals surface area contributed by atoms with Crippen molar-refractivity contribution >= 4 is 37.6 Å². The van der Waals surface area contributed by atoms with Gasteiger partial charge >= 0.3 is 60.6 Å². The van der Waals surface area contributed by atoms with E-state index in [2.05, 4.69) is 41.8 Å². The molecule has 1 rings (SSSR count). The molecule has 0 aliphatic heterocycles. The second kappa shape index (κ2) is 5.07. The number of benzene rings is 1. The van der Waals surface area contributed by atoms with Crippen LogP contribution in [0.5, 0.6) is 0 Å². The fourth-order valence-electron chi connectivity index (χ4n) is 0.771. The maximum absolute atomic E-state index is 2.37. The van der Waals surface area contributed by atoms with Crippen molar-refractivity contribution in [3.63, 3.8) is 0 Å². The summed E-state index contributed by atoms with van der Waals surface area (Å²) in [7, 11) is 0. The van der Waals surface area contributed by atoms with Crippen molar-refractivity contribution in [2.75, 3.05) is 0 Å². The van der Waals surface area contributed by atoms with Crippen molar-refractivity contribution in [2.45, 2.75) is 11.5 Å². The van der Waals surface area contributed by atoms with Gasteiger partial charge in [-0.25, -0.2) is 0 Å². The second-order valence-electron chi connectivity index (χ2n) is 2.37. The van der Waals surface area contributed by atoms with E-state index in [1.54, 1.807) is 4.40 Å². The van der Waals surface area contributed by atoms with E-state index in [-0.39, 0.29) is 18.9 Å². The molecule has 0 aromatic heterocycles. The van der Waals surface area contributed by atoms with Crippen LogP contribution < -0.4 is 4.40 Å². The van der Waals surface area contributed by atoms with E-state index in [1.807, 2.05) is 0 Å². The van der Waals surface area contributed by atoms with Gasteiger partial charge in [0.1, 0.15) is 0 Å². The van der Waals surface area contributed by atoms with Crippen molar-refractivity contribution in [3.05, 3.63) is 30.3 Å². The summed E-state index contributed by atoms with van der Waals surface area (Å²) >= 11 is -0.766. The zero-order chi connectivity index (χ0) is 6.69. The first kappa shape index (κ1) is 10.4. The molecule has 0 bridgehead atoms. The molecule has 0 aliphatic carbocycles. The Morgan fingerprint density at radius 3 is 1.80 bits per heavy atom. The van der Waals surface area contributed by atoms with Crippen LogP contribution in [-0.2, 0) is 0 Å². The van der Waals surface area contributed by atoms with Gasteiger partial charge in [0.15, 0.2) is 0 Å². The Morgan fingerprint density at radius 1 is 1.00 bits per heavy atom. The molecule has 1 aromatic carbocycles. The first-order valence-corrected chi connectivity index (χ1v) is 8.41. The minimum absolute atomic E-state index is 0. The van der Waals surface area contributed by atoms with Gasteiger partial charge < -0.3 is 0 Å². The predicted molar refractivity (Wildman–Crippen MR) is 49.3 cm³/mol. The maximum atomic E-state index is 2.37. The molecule has 2 heteroatoms. The summed E-state index contributed by atoms with van der Waals surface area (Å²) in [6, 6.07) is 10.8. The number of hydrogen-bond acceptors (Lipinski definition) is 0. The molecule has 0 spiro atoms. The summed E-state index contributed by atoms with van der Waals surface area (Å²) < 4.78 is 1.58. The Hall–Kier alpha value is 0.360. The summed E-state index contributed by atoms with van der Waals surface area (Å²) in [5.74, 6) is 4.74. The van der Waals surface area contributed by atoms with Gasteiger partial charge in [0.2, 0.25) is 0 Å². The van der Waals surface area contributed by atoms with Crippen LogP contribution in [0.4, 0.5) is 0 Å². The van der Waals surface area contributed by atoms with Crippen molar-refractivity contribution in [1.29, 1.82) is 0 Å². The monoisotopic (exact) mass is 188 g/mol. The van der Waals surface area contributed by atoms with Gasteiger partial charge in [-0.1, -0.05) is 0 Å². The molecular weight excluding hydrogens is 176 g/mol. The SMILES string of the molecule is [CH3][Ge]([CH3])[c]1ccccc1.[Li]. The fourth-order valence-corrected chi connectivity index (χ4v) is 2.57. The molecular formula is C8H11GeLi. The quantitative estimate of drug-likeness (QED) is 0.580. The molecule has 0 N–H and O–H groups in total. The molecule has 0 nitrogen and oxygen atoms in total. The molecule has 0 aliphatic rings. The van der Waals surface area contributed by atoms with E-state index in [9.17, 15) is 0 Å². The molecule has 1 aromatic rings. The van der Waals surface area contributed by atoms with E-state index < -0.39 is 14.3 Å². The zero-order valence-corrected chi connectivity index (χ0v) is 8.98. The third-order valence-electron chi connectivity index (χ3n) is 1.35. The van der Waals surface area contributed by atoms with Gasteiger partial charge in [-0.15, -0.1) is 0 Å². The Kier molecular flexibility index (Phi) is 5.25. The molecule has 10 heavy (non-hydrogen) atoms. The largest absolute Gasteiger partial charge is 0 e. The van der Waals surface area contributed by atoms with Crippen molar-refractivity contribution in [2.24, 2.45) is 0 Å². The number of hydrogen-bond donors (Lipinski definition) is 0. The van der Waals surface area contributed by atoms with Crippen LogP contribution in [0.3, 0.4) is 0 Å². The van der Waals surface area contributed by atoms with Crippen LogP contribution in [0.1, 0.15) is 0 Å². The summed E-state index contributed by atoms with van der Waals surface area (Å²) in [4.78, 5) is 0. The van der Waals surface area contributed by atoms with Crippen LogP contribution in [0, 0.1) is 0 Å². The average molecular weight is 187 g/mol. The van der Waals surface area contributed by atoms with Crippen LogP contribution in [0.25, 0.3) is 0 Å². The normalized spacial score (nSPS) is 9.10. The molecule has 0 amide bonds. The van der Waals surface area contributed by atoms with Gasteiger partial charge in [-0.05, 0) is 0 Å². The molecule has 0 atom stereocenters. The van der Waals surface area contributed by atoms with Gasteiger partial charge in [-0.2, -0.15) is 0 Å².